The van der Waals surface area contributed by atoms with Gasteiger partial charge in [-0.05, 0) is 25.1 Å². The number of ether oxygens (including phenoxy) is 1. The normalized spacial score (nSPS) is 11.3. The molecule has 1 aromatic heterocycles. The molecule has 0 fully saturated rings. The highest BCUT2D eigenvalue weighted by Crippen LogP contribution is 2.17. The first-order valence-corrected chi connectivity index (χ1v) is 8.21. The summed E-state index contributed by atoms with van der Waals surface area (Å²) in [5.41, 5.74) is 0.980. The van der Waals surface area contributed by atoms with Crippen molar-refractivity contribution < 1.29 is 14.5 Å². The predicted molar refractivity (Wildman–Crippen MR) is 102 cm³/mol. The summed E-state index contributed by atoms with van der Waals surface area (Å²) >= 11 is 0. The molecule has 0 radical (unpaired) electrons. The maximum Gasteiger partial charge on any atom is 0.356 e. The molecule has 0 bridgehead atoms. The van der Waals surface area contributed by atoms with Crippen molar-refractivity contribution in [3.63, 3.8) is 0 Å². The van der Waals surface area contributed by atoms with E-state index in [0.717, 1.165) is 0 Å². The Hall–Kier alpha value is -4.19. The minimum Gasteiger partial charge on any atom is -0.461 e. The molecule has 9 nitrogen and oxygen atoms in total. The van der Waals surface area contributed by atoms with Gasteiger partial charge in [0.25, 0.3) is 5.69 Å². The molecule has 1 heterocycles. The number of nitro benzene ring substituents is 1. The third kappa shape index (κ3) is 5.67. The van der Waals surface area contributed by atoms with Crippen LogP contribution in [0.3, 0.4) is 0 Å². The molecule has 0 spiro atoms. The van der Waals surface area contributed by atoms with Crippen LogP contribution in [0.1, 0.15) is 12.6 Å². The molecule has 142 valence electrons. The van der Waals surface area contributed by atoms with Crippen LogP contribution in [0.25, 0.3) is 5.57 Å². The molecular formula is C19H17N5O4. The number of benzene rings is 1. The van der Waals surface area contributed by atoms with Gasteiger partial charge in [0.15, 0.2) is 0 Å². The first-order chi connectivity index (χ1) is 13.5. The Morgan fingerprint density at radius 3 is 2.79 bits per heavy atom. The van der Waals surface area contributed by atoms with Gasteiger partial charge in [-0.25, -0.2) is 4.79 Å². The molecule has 0 atom stereocenters. The van der Waals surface area contributed by atoms with Crippen LogP contribution in [-0.4, -0.2) is 22.5 Å². The summed E-state index contributed by atoms with van der Waals surface area (Å²) in [4.78, 5) is 26.6. The predicted octanol–water partition coefficient (Wildman–Crippen LogP) is 2.96. The molecule has 9 heteroatoms. The van der Waals surface area contributed by atoms with Gasteiger partial charge in [-0.3, -0.25) is 15.1 Å². The number of nitrogens with zero attached hydrogens (tertiary/aromatic N) is 3. The van der Waals surface area contributed by atoms with E-state index in [1.54, 1.807) is 37.4 Å². The minimum absolute atomic E-state index is 0.0111. The van der Waals surface area contributed by atoms with E-state index in [1.807, 2.05) is 6.07 Å². The van der Waals surface area contributed by atoms with Crippen LogP contribution in [0, 0.1) is 21.4 Å². The topological polar surface area (TPSA) is 130 Å². The zero-order valence-electron chi connectivity index (χ0n) is 15.0. The number of esters is 1. The molecule has 0 amide bonds. The van der Waals surface area contributed by atoms with Gasteiger partial charge in [0, 0.05) is 36.4 Å². The number of nitriles is 1. The van der Waals surface area contributed by atoms with Crippen LogP contribution >= 0.6 is 0 Å². The highest BCUT2D eigenvalue weighted by atomic mass is 16.6. The Kier molecular flexibility index (Phi) is 7.24. The van der Waals surface area contributed by atoms with Gasteiger partial charge in [-0.15, -0.1) is 0 Å². The average molecular weight is 379 g/mol. The fourth-order valence-corrected chi connectivity index (χ4v) is 2.07. The Morgan fingerprint density at radius 1 is 1.32 bits per heavy atom. The van der Waals surface area contributed by atoms with E-state index in [9.17, 15) is 20.2 Å². The third-order valence-corrected chi connectivity index (χ3v) is 3.37. The number of aromatic nitrogens is 1. The highest BCUT2D eigenvalue weighted by Gasteiger charge is 2.11. The van der Waals surface area contributed by atoms with Gasteiger partial charge < -0.3 is 15.4 Å². The zero-order chi connectivity index (χ0) is 20.4. The summed E-state index contributed by atoms with van der Waals surface area (Å²) in [6, 6.07) is 12.9. The molecule has 0 aliphatic rings. The number of hydrogen-bond acceptors (Lipinski definition) is 8. The van der Waals surface area contributed by atoms with Crippen LogP contribution in [0.5, 0.6) is 0 Å². The standard InChI is InChI=1S/C19H17N5O4/c1-2-28-19(25)18(13-22-15-6-5-7-16(10-15)24(26)27)23-12-14(11-20)17-8-3-4-9-21-17/h3-10,12-13,22-23H,2H2,1H3/b14-12-,18-13+. The smallest absolute Gasteiger partial charge is 0.356 e. The quantitative estimate of drug-likeness (QED) is 0.235. The van der Waals surface area contributed by atoms with Gasteiger partial charge in [0.1, 0.15) is 11.8 Å². The SMILES string of the molecule is CCOC(=O)/C(=C\Nc1cccc([N+](=O)[O-])c1)N/C=C(/C#N)c1ccccn1. The third-order valence-electron chi connectivity index (χ3n) is 3.37. The maximum absolute atomic E-state index is 12.1. The molecule has 0 unspecified atom stereocenters. The molecule has 2 rings (SSSR count). The van der Waals surface area contributed by atoms with Crippen molar-refractivity contribution in [2.45, 2.75) is 6.92 Å². The second-order valence-electron chi connectivity index (χ2n) is 5.26. The Morgan fingerprint density at radius 2 is 2.14 bits per heavy atom. The number of carbonyl (C=O) groups excluding carboxylic acids is 1. The number of non-ortho nitro benzene ring substituents is 1. The lowest BCUT2D eigenvalue weighted by atomic mass is 10.2. The van der Waals surface area contributed by atoms with Crippen molar-refractivity contribution in [1.29, 1.82) is 5.26 Å². The van der Waals surface area contributed by atoms with Gasteiger partial charge in [-0.2, -0.15) is 5.26 Å². The van der Waals surface area contributed by atoms with E-state index in [-0.39, 0.29) is 23.6 Å². The number of nitro groups is 1. The average Bonchev–Trinajstić information content (AvgIpc) is 2.71. The molecule has 0 aliphatic carbocycles. The molecule has 0 saturated carbocycles. The van der Waals surface area contributed by atoms with Crippen LogP contribution < -0.4 is 10.6 Å². The van der Waals surface area contributed by atoms with Crippen molar-refractivity contribution in [3.8, 4) is 6.07 Å². The number of anilines is 1. The largest absolute Gasteiger partial charge is 0.461 e. The number of nitrogens with one attached hydrogen (secondary N) is 2. The van der Waals surface area contributed by atoms with Crippen molar-refractivity contribution in [2.24, 2.45) is 0 Å². The van der Waals surface area contributed by atoms with Crippen LogP contribution in [0.4, 0.5) is 11.4 Å². The molecule has 28 heavy (non-hydrogen) atoms. The summed E-state index contributed by atoms with van der Waals surface area (Å²) < 4.78 is 4.98. The second kappa shape index (κ2) is 10.1. The molecule has 0 saturated heterocycles. The fourth-order valence-electron chi connectivity index (χ4n) is 2.07. The summed E-state index contributed by atoms with van der Waals surface area (Å²) in [6.07, 6.45) is 4.19. The highest BCUT2D eigenvalue weighted by molar-refractivity contribution is 5.89. The number of rotatable bonds is 8. The number of carbonyl (C=O) groups is 1. The lowest BCUT2D eigenvalue weighted by Crippen LogP contribution is -2.20. The fraction of sp³-hybridized carbons (Fsp3) is 0.105. The molecule has 0 aliphatic heterocycles. The van der Waals surface area contributed by atoms with E-state index in [1.165, 1.54) is 30.6 Å². The molecular weight excluding hydrogens is 362 g/mol. The van der Waals surface area contributed by atoms with Gasteiger partial charge in [0.05, 0.1) is 22.8 Å². The Balaban J connectivity index is 2.24. The van der Waals surface area contributed by atoms with E-state index < -0.39 is 10.9 Å². The van der Waals surface area contributed by atoms with Gasteiger partial charge >= 0.3 is 5.97 Å². The molecule has 1 aromatic carbocycles. The summed E-state index contributed by atoms with van der Waals surface area (Å²) in [5.74, 6) is -0.657. The van der Waals surface area contributed by atoms with Crippen LogP contribution in [0.2, 0.25) is 0 Å². The maximum atomic E-state index is 12.1. The Bertz CT molecular complexity index is 948. The van der Waals surface area contributed by atoms with Crippen molar-refractivity contribution in [1.82, 2.24) is 10.3 Å². The van der Waals surface area contributed by atoms with Crippen molar-refractivity contribution in [3.05, 3.63) is 82.6 Å². The summed E-state index contributed by atoms with van der Waals surface area (Å²) in [5, 5.41) is 25.7. The molecule has 2 aromatic rings. The second-order valence-corrected chi connectivity index (χ2v) is 5.26. The monoisotopic (exact) mass is 379 g/mol. The number of allylic oxidation sites excluding steroid dienone is 1. The Labute approximate surface area is 161 Å². The van der Waals surface area contributed by atoms with E-state index in [4.69, 9.17) is 4.74 Å². The van der Waals surface area contributed by atoms with Gasteiger partial charge in [0.2, 0.25) is 0 Å². The summed E-state index contributed by atoms with van der Waals surface area (Å²) in [7, 11) is 0. The minimum atomic E-state index is -0.657. The number of hydrogen-bond donors (Lipinski definition) is 2. The zero-order valence-corrected chi connectivity index (χ0v) is 15.0. The lowest BCUT2D eigenvalue weighted by molar-refractivity contribution is -0.384. The number of pyridine rings is 1. The molecule has 2 N–H and O–H groups in total. The van der Waals surface area contributed by atoms with E-state index >= 15 is 0 Å². The van der Waals surface area contributed by atoms with Crippen molar-refractivity contribution >= 4 is 22.9 Å². The van der Waals surface area contributed by atoms with Gasteiger partial charge in [-0.1, -0.05) is 12.1 Å². The van der Waals surface area contributed by atoms with E-state index in [0.29, 0.717) is 11.4 Å². The summed E-state index contributed by atoms with van der Waals surface area (Å²) in [6.45, 7) is 1.82. The first kappa shape index (κ1) is 20.1. The van der Waals surface area contributed by atoms with Crippen molar-refractivity contribution in [2.75, 3.05) is 11.9 Å². The van der Waals surface area contributed by atoms with E-state index in [2.05, 4.69) is 15.6 Å². The van der Waals surface area contributed by atoms with Crippen LogP contribution in [-0.2, 0) is 9.53 Å². The first-order valence-electron chi connectivity index (χ1n) is 8.21. The lowest BCUT2D eigenvalue weighted by Gasteiger charge is -2.09. The van der Waals surface area contributed by atoms with Crippen LogP contribution in [0.15, 0.2) is 66.8 Å².